The second kappa shape index (κ2) is 12.9. The third-order valence-electron chi connectivity index (χ3n) is 7.62. The topological polar surface area (TPSA) is 94.2 Å². The van der Waals surface area contributed by atoms with Crippen LogP contribution in [0.4, 0.5) is 50.0 Å². The van der Waals surface area contributed by atoms with Crippen molar-refractivity contribution in [1.29, 1.82) is 0 Å². The largest absolute Gasteiger partial charge is 0.573 e. The summed E-state index contributed by atoms with van der Waals surface area (Å²) in [4.78, 5) is 38.0. The van der Waals surface area contributed by atoms with Crippen LogP contribution in [0, 0.1) is 5.92 Å². The van der Waals surface area contributed by atoms with Crippen LogP contribution in [0.2, 0.25) is 0 Å². The maximum absolute atomic E-state index is 13.4. The summed E-state index contributed by atoms with van der Waals surface area (Å²) in [7, 11) is 0. The van der Waals surface area contributed by atoms with Crippen LogP contribution in [0.15, 0.2) is 36.4 Å². The number of carbonyl (C=O) groups excluding carboxylic acids is 3. The minimum Gasteiger partial charge on any atom is -0.463 e. The number of anilines is 1. The predicted molar refractivity (Wildman–Crippen MR) is 140 cm³/mol. The van der Waals surface area contributed by atoms with Gasteiger partial charge in [-0.25, -0.2) is 4.79 Å². The molecule has 1 aliphatic heterocycles. The number of nitrogens with one attached hydrogen (secondary N) is 1. The number of rotatable bonds is 7. The van der Waals surface area contributed by atoms with Crippen LogP contribution in [0.5, 0.6) is 5.75 Å². The van der Waals surface area contributed by atoms with E-state index in [2.05, 4.69) is 10.1 Å². The minimum absolute atomic E-state index is 0.0245. The molecule has 2 atom stereocenters. The normalized spacial score (nSPS) is 22.3. The molecule has 17 heteroatoms. The molecule has 0 spiro atoms. The van der Waals surface area contributed by atoms with Crippen LogP contribution in [0.1, 0.15) is 67.9 Å². The highest BCUT2D eigenvalue weighted by molar-refractivity contribution is 5.93. The Morgan fingerprint density at radius 1 is 0.913 bits per heavy atom. The van der Waals surface area contributed by atoms with Gasteiger partial charge in [0.1, 0.15) is 18.0 Å². The number of cyclic esters (lactones) is 1. The molecule has 0 unspecified atom stereocenters. The van der Waals surface area contributed by atoms with E-state index >= 15 is 0 Å². The van der Waals surface area contributed by atoms with Crippen molar-refractivity contribution < 1.29 is 68.1 Å². The molecule has 0 radical (unpaired) electrons. The van der Waals surface area contributed by atoms with Gasteiger partial charge in [-0.1, -0.05) is 0 Å². The van der Waals surface area contributed by atoms with Gasteiger partial charge in [0, 0.05) is 18.5 Å². The van der Waals surface area contributed by atoms with E-state index in [9.17, 15) is 53.9 Å². The third-order valence-corrected chi connectivity index (χ3v) is 7.62. The lowest BCUT2D eigenvalue weighted by Gasteiger charge is -2.28. The van der Waals surface area contributed by atoms with E-state index < -0.39 is 83.7 Å². The summed E-state index contributed by atoms with van der Waals surface area (Å²) in [5.74, 6) is -2.24. The Hall–Kier alpha value is -4.18. The molecular weight excluding hydrogens is 643 g/mol. The fraction of sp³-hybridized carbons (Fsp3) is 0.483. The van der Waals surface area contributed by atoms with Gasteiger partial charge in [0.05, 0.1) is 23.7 Å². The molecule has 46 heavy (non-hydrogen) atoms. The number of hydrogen-bond acceptors (Lipinski definition) is 6. The first-order chi connectivity index (χ1) is 21.2. The molecule has 4 rings (SSSR count). The van der Waals surface area contributed by atoms with Crippen LogP contribution >= 0.6 is 0 Å². The van der Waals surface area contributed by atoms with Crippen LogP contribution < -0.4 is 10.1 Å². The highest BCUT2D eigenvalue weighted by Crippen LogP contribution is 2.42. The highest BCUT2D eigenvalue weighted by atomic mass is 19.4. The first-order valence-electron chi connectivity index (χ1n) is 13.8. The Balaban J connectivity index is 1.60. The van der Waals surface area contributed by atoms with E-state index in [0.717, 1.165) is 23.1 Å². The lowest BCUT2D eigenvalue weighted by molar-refractivity contribution is -0.274. The first kappa shape index (κ1) is 34.7. The number of hydrogen-bond donors (Lipinski definition) is 1. The van der Waals surface area contributed by atoms with Gasteiger partial charge >= 0.3 is 30.8 Å². The maximum atomic E-state index is 13.4. The molecule has 8 nitrogen and oxygen atoms in total. The van der Waals surface area contributed by atoms with E-state index in [-0.39, 0.29) is 23.4 Å². The number of halogens is 9. The number of nitrogens with zero attached hydrogens (tertiary/aromatic N) is 1. The second-order valence-electron chi connectivity index (χ2n) is 11.0. The molecule has 2 aliphatic rings. The lowest BCUT2D eigenvalue weighted by Crippen LogP contribution is -2.33. The summed E-state index contributed by atoms with van der Waals surface area (Å²) in [6.07, 6.45) is -17.1. The van der Waals surface area contributed by atoms with E-state index in [0.29, 0.717) is 37.8 Å². The monoisotopic (exact) mass is 670 g/mol. The summed E-state index contributed by atoms with van der Waals surface area (Å²) in [5.41, 5.74) is -3.96. The molecule has 2 amide bonds. The average Bonchev–Trinajstić information content (AvgIpc) is 3.21. The third kappa shape index (κ3) is 8.54. The Bertz CT molecular complexity index is 1430. The molecule has 1 N–H and O–H groups in total. The van der Waals surface area contributed by atoms with Crippen molar-refractivity contribution in [2.45, 2.75) is 83.0 Å². The fourth-order valence-electron chi connectivity index (χ4n) is 5.42. The number of esters is 1. The minimum atomic E-state index is -5.16. The molecule has 1 aliphatic carbocycles. The van der Waals surface area contributed by atoms with Gasteiger partial charge in [-0.15, -0.1) is 13.2 Å². The van der Waals surface area contributed by atoms with Crippen molar-refractivity contribution in [3.63, 3.8) is 0 Å². The number of benzene rings is 2. The van der Waals surface area contributed by atoms with E-state index in [1.54, 1.807) is 0 Å². The molecule has 252 valence electrons. The van der Waals surface area contributed by atoms with Gasteiger partial charge in [-0.2, -0.15) is 26.3 Å². The summed E-state index contributed by atoms with van der Waals surface area (Å²) in [5, 5.41) is 2.61. The highest BCUT2D eigenvalue weighted by Gasteiger charge is 2.43. The molecule has 2 fully saturated rings. The average molecular weight is 671 g/mol. The van der Waals surface area contributed by atoms with Crippen molar-refractivity contribution in [2.75, 3.05) is 5.32 Å². The summed E-state index contributed by atoms with van der Waals surface area (Å²) in [6, 6.07) is 2.47. The summed E-state index contributed by atoms with van der Waals surface area (Å²) < 4.78 is 134. The molecule has 1 heterocycles. The molecule has 2 aromatic rings. The van der Waals surface area contributed by atoms with Gasteiger partial charge in [0.2, 0.25) is 5.91 Å². The number of ether oxygens (including phenoxy) is 3. The molecule has 1 saturated carbocycles. The molecule has 0 bridgehead atoms. The molecule has 1 saturated heterocycles. The zero-order valence-corrected chi connectivity index (χ0v) is 24.1. The van der Waals surface area contributed by atoms with Crippen molar-refractivity contribution in [3.05, 3.63) is 58.7 Å². The zero-order chi connectivity index (χ0) is 34.2. The Kier molecular flexibility index (Phi) is 9.73. The lowest BCUT2D eigenvalue weighted by atomic mass is 9.86. The Morgan fingerprint density at radius 2 is 1.50 bits per heavy atom. The van der Waals surface area contributed by atoms with Gasteiger partial charge in [0.15, 0.2) is 0 Å². The van der Waals surface area contributed by atoms with Crippen LogP contribution in [-0.4, -0.2) is 41.4 Å². The van der Waals surface area contributed by atoms with Crippen molar-refractivity contribution in [3.8, 4) is 5.75 Å². The quantitative estimate of drug-likeness (QED) is 0.239. The standard InChI is InChI=1S/C29H27F9N2O6/c1-14-24(17-9-19(27(30,31)32)12-20(10-17)28(33,34)35)45-26(43)40(14)13-18-11-22(46-29(36,37)38)7-8-23(18)39-25(42)16-3-5-21(6-4-16)44-15(2)41/h7-12,14,16,21,24H,3-6,13H2,1-2H3,(H,39,42)/t14-,16?,21?,24-/m0/s1. The van der Waals surface area contributed by atoms with Gasteiger partial charge in [0.25, 0.3) is 0 Å². The molecule has 2 aromatic carbocycles. The van der Waals surface area contributed by atoms with Crippen molar-refractivity contribution in [2.24, 2.45) is 5.92 Å². The van der Waals surface area contributed by atoms with Gasteiger partial charge in [-0.05, 0) is 80.1 Å². The number of carbonyl (C=O) groups is 3. The maximum Gasteiger partial charge on any atom is 0.573 e. The van der Waals surface area contributed by atoms with Gasteiger partial charge < -0.3 is 19.5 Å². The predicted octanol–water partition coefficient (Wildman–Crippen LogP) is 7.77. The second-order valence-corrected chi connectivity index (χ2v) is 11.0. The first-order valence-corrected chi connectivity index (χ1v) is 13.8. The van der Waals surface area contributed by atoms with Crippen LogP contribution in [0.25, 0.3) is 0 Å². The fourth-order valence-corrected chi connectivity index (χ4v) is 5.42. The van der Waals surface area contributed by atoms with E-state index in [1.165, 1.54) is 13.8 Å². The van der Waals surface area contributed by atoms with Crippen LogP contribution in [0.3, 0.4) is 0 Å². The van der Waals surface area contributed by atoms with Crippen molar-refractivity contribution in [1.82, 2.24) is 4.90 Å². The summed E-state index contributed by atoms with van der Waals surface area (Å²) in [6.45, 7) is 1.97. The Morgan fingerprint density at radius 3 is 2.02 bits per heavy atom. The zero-order valence-electron chi connectivity index (χ0n) is 24.1. The molecular formula is C29H27F9N2O6. The smallest absolute Gasteiger partial charge is 0.463 e. The van der Waals surface area contributed by atoms with E-state index in [4.69, 9.17) is 9.47 Å². The summed E-state index contributed by atoms with van der Waals surface area (Å²) >= 11 is 0. The Labute approximate surface area is 255 Å². The van der Waals surface area contributed by atoms with Crippen LogP contribution in [-0.2, 0) is 38.0 Å². The SMILES string of the molecule is CC(=O)OC1CCC(C(=O)Nc2ccc(OC(F)(F)F)cc2CN2C(=O)O[C@H](c3cc(C(F)(F)F)cc(C(F)(F)F)c3)[C@@H]2C)CC1. The number of alkyl halides is 9. The van der Waals surface area contributed by atoms with Crippen molar-refractivity contribution >= 4 is 23.7 Å². The van der Waals surface area contributed by atoms with E-state index in [1.807, 2.05) is 0 Å². The number of amides is 2. The van der Waals surface area contributed by atoms with Gasteiger partial charge in [-0.3, -0.25) is 14.5 Å². The molecule has 0 aromatic heterocycles.